The van der Waals surface area contributed by atoms with E-state index in [-0.39, 0.29) is 47.7 Å². The van der Waals surface area contributed by atoms with Crippen LogP contribution in [-0.2, 0) is 27.2 Å². The first-order valence-electron chi connectivity index (χ1n) is 10.1. The van der Waals surface area contributed by atoms with Crippen LogP contribution in [0.3, 0.4) is 0 Å². The monoisotopic (exact) mass is 544 g/mol. The van der Waals surface area contributed by atoms with E-state index < -0.39 is 51.0 Å². The van der Waals surface area contributed by atoms with Crippen molar-refractivity contribution >= 4 is 33.2 Å². The topological polar surface area (TPSA) is 75.7 Å². The zero-order chi connectivity index (χ0) is 26.2. The molecule has 1 saturated heterocycles. The Labute approximate surface area is 201 Å². The van der Waals surface area contributed by atoms with E-state index in [0.29, 0.717) is 12.1 Å². The maximum Gasteiger partial charge on any atom is 0.416 e. The molecule has 1 amide bonds. The molecule has 0 aromatic heterocycles. The largest absolute Gasteiger partial charge is 0.495 e. The second-order valence-corrected chi connectivity index (χ2v) is 10.1. The lowest BCUT2D eigenvalue weighted by atomic mass is 9.97. The fraction of sp³-hybridized carbons (Fsp3) is 0.381. The van der Waals surface area contributed by atoms with Crippen LogP contribution in [0.4, 0.5) is 32.0 Å². The third-order valence-electron chi connectivity index (χ3n) is 5.42. The van der Waals surface area contributed by atoms with Gasteiger partial charge in [-0.1, -0.05) is 11.6 Å². The van der Waals surface area contributed by atoms with E-state index >= 15 is 0 Å². The first-order chi connectivity index (χ1) is 16.1. The number of methoxy groups -OCH3 is 1. The van der Waals surface area contributed by atoms with Crippen LogP contribution in [0.15, 0.2) is 41.3 Å². The summed E-state index contributed by atoms with van der Waals surface area (Å²) in [4.78, 5) is 12.4. The molecule has 2 aromatic carbocycles. The molecule has 0 aliphatic carbocycles. The molecule has 35 heavy (non-hydrogen) atoms. The number of sulfonamides is 1. The summed E-state index contributed by atoms with van der Waals surface area (Å²) in [5.41, 5.74) is -3.77. The average Bonchev–Trinajstić information content (AvgIpc) is 2.77. The van der Waals surface area contributed by atoms with Gasteiger partial charge in [0, 0.05) is 29.7 Å². The van der Waals surface area contributed by atoms with Crippen molar-refractivity contribution in [3.63, 3.8) is 0 Å². The van der Waals surface area contributed by atoms with Crippen LogP contribution in [0.1, 0.15) is 24.0 Å². The summed E-state index contributed by atoms with van der Waals surface area (Å²) in [6.07, 6.45) is -10.1. The Morgan fingerprint density at radius 1 is 1.00 bits per heavy atom. The van der Waals surface area contributed by atoms with Gasteiger partial charge in [0.1, 0.15) is 10.6 Å². The fourth-order valence-corrected chi connectivity index (χ4v) is 5.51. The number of nitrogens with zero attached hydrogens (tertiary/aromatic N) is 1. The van der Waals surface area contributed by atoms with Gasteiger partial charge in [0.15, 0.2) is 0 Å². The molecule has 1 fully saturated rings. The van der Waals surface area contributed by atoms with E-state index in [1.165, 1.54) is 25.3 Å². The molecule has 192 valence electrons. The molecule has 0 atom stereocenters. The number of ether oxygens (including phenoxy) is 1. The summed E-state index contributed by atoms with van der Waals surface area (Å²) >= 11 is 5.91. The Kier molecular flexibility index (Phi) is 7.63. The Morgan fingerprint density at radius 2 is 1.54 bits per heavy atom. The van der Waals surface area contributed by atoms with E-state index in [2.05, 4.69) is 5.32 Å². The van der Waals surface area contributed by atoms with Gasteiger partial charge in [-0.15, -0.1) is 0 Å². The van der Waals surface area contributed by atoms with Crippen molar-refractivity contribution in [1.82, 2.24) is 4.31 Å². The molecular weight excluding hydrogens is 526 g/mol. The zero-order valence-corrected chi connectivity index (χ0v) is 19.6. The van der Waals surface area contributed by atoms with Gasteiger partial charge in [-0.2, -0.15) is 30.6 Å². The van der Waals surface area contributed by atoms with E-state index in [4.69, 9.17) is 16.3 Å². The molecule has 0 saturated carbocycles. The van der Waals surface area contributed by atoms with Crippen LogP contribution in [0.2, 0.25) is 5.02 Å². The highest BCUT2D eigenvalue weighted by molar-refractivity contribution is 7.89. The highest BCUT2D eigenvalue weighted by Gasteiger charge is 2.38. The molecule has 1 aliphatic heterocycles. The molecule has 0 spiro atoms. The maximum absolute atomic E-state index is 13.0. The van der Waals surface area contributed by atoms with E-state index in [1.54, 1.807) is 0 Å². The molecule has 6 nitrogen and oxygen atoms in total. The van der Waals surface area contributed by atoms with E-state index in [1.807, 2.05) is 0 Å². The molecule has 1 heterocycles. The zero-order valence-electron chi connectivity index (χ0n) is 18.0. The first-order valence-corrected chi connectivity index (χ1v) is 11.9. The van der Waals surface area contributed by atoms with Gasteiger partial charge in [0.05, 0.1) is 18.2 Å². The van der Waals surface area contributed by atoms with Crippen LogP contribution in [0, 0.1) is 5.92 Å². The van der Waals surface area contributed by atoms with Crippen LogP contribution in [0.25, 0.3) is 0 Å². The Bertz CT molecular complexity index is 1180. The normalized spacial score (nSPS) is 16.2. The standard InChI is InChI=1S/C21H19ClF6N2O4S/c1-34-17-3-2-15(22)11-18(17)35(32,33)30-6-4-12(5-7-30)19(31)29-16-9-13(20(23,24)25)8-14(10-16)21(26,27)28/h2-3,8-12H,4-7H2,1H3,(H,29,31). The van der Waals surface area contributed by atoms with Crippen LogP contribution in [-0.4, -0.2) is 38.8 Å². The molecule has 1 aliphatic rings. The van der Waals surface area contributed by atoms with Crippen molar-refractivity contribution in [2.75, 3.05) is 25.5 Å². The number of hydrogen-bond acceptors (Lipinski definition) is 4. The van der Waals surface area contributed by atoms with Crippen molar-refractivity contribution in [3.05, 3.63) is 52.5 Å². The second kappa shape index (κ2) is 9.86. The van der Waals surface area contributed by atoms with Crippen molar-refractivity contribution < 1.29 is 44.3 Å². The molecule has 0 unspecified atom stereocenters. The SMILES string of the molecule is COc1ccc(Cl)cc1S(=O)(=O)N1CCC(C(=O)Nc2cc(C(F)(F)F)cc(C(F)(F)F)c2)CC1. The third-order valence-corrected chi connectivity index (χ3v) is 7.58. The highest BCUT2D eigenvalue weighted by Crippen LogP contribution is 2.38. The molecular formula is C21H19ClF6N2O4S. The Morgan fingerprint density at radius 3 is 2.03 bits per heavy atom. The molecule has 3 rings (SSSR count). The number of piperidine rings is 1. The van der Waals surface area contributed by atoms with Gasteiger partial charge in [-0.25, -0.2) is 8.42 Å². The van der Waals surface area contributed by atoms with Gasteiger partial charge in [0.2, 0.25) is 15.9 Å². The lowest BCUT2D eigenvalue weighted by Crippen LogP contribution is -2.41. The second-order valence-electron chi connectivity index (χ2n) is 7.76. The van der Waals surface area contributed by atoms with E-state index in [0.717, 1.165) is 4.31 Å². The Balaban J connectivity index is 1.74. The van der Waals surface area contributed by atoms with E-state index in [9.17, 15) is 39.6 Å². The number of benzene rings is 2. The molecule has 14 heteroatoms. The summed E-state index contributed by atoms with van der Waals surface area (Å²) in [6, 6.07) is 4.85. The number of alkyl halides is 6. The summed E-state index contributed by atoms with van der Waals surface area (Å²) in [5.74, 6) is -1.57. The summed E-state index contributed by atoms with van der Waals surface area (Å²) in [7, 11) is -2.75. The van der Waals surface area contributed by atoms with Gasteiger partial charge in [-0.3, -0.25) is 4.79 Å². The van der Waals surface area contributed by atoms with Crippen molar-refractivity contribution in [2.45, 2.75) is 30.1 Å². The quantitative estimate of drug-likeness (QED) is 0.510. The van der Waals surface area contributed by atoms with Crippen molar-refractivity contribution in [2.24, 2.45) is 5.92 Å². The van der Waals surface area contributed by atoms with Gasteiger partial charge in [-0.05, 0) is 49.2 Å². The highest BCUT2D eigenvalue weighted by atomic mass is 35.5. The van der Waals surface area contributed by atoms with Gasteiger partial charge < -0.3 is 10.1 Å². The van der Waals surface area contributed by atoms with Crippen LogP contribution in [0.5, 0.6) is 5.75 Å². The van der Waals surface area contributed by atoms with Gasteiger partial charge >= 0.3 is 12.4 Å². The van der Waals surface area contributed by atoms with Crippen molar-refractivity contribution in [1.29, 1.82) is 0 Å². The van der Waals surface area contributed by atoms with Crippen LogP contribution < -0.4 is 10.1 Å². The number of hydrogen-bond donors (Lipinski definition) is 1. The number of halogens is 7. The number of nitrogens with one attached hydrogen (secondary N) is 1. The lowest BCUT2D eigenvalue weighted by molar-refractivity contribution is -0.143. The minimum absolute atomic E-state index is 0.000958. The smallest absolute Gasteiger partial charge is 0.416 e. The number of rotatable bonds is 5. The predicted octanol–water partition coefficient (Wildman–Crippen LogP) is 5.43. The molecule has 0 radical (unpaired) electrons. The van der Waals surface area contributed by atoms with Crippen molar-refractivity contribution in [3.8, 4) is 5.75 Å². The number of amides is 1. The summed E-state index contributed by atoms with van der Waals surface area (Å²) < 4.78 is 110. The third kappa shape index (κ3) is 6.19. The minimum atomic E-state index is -5.05. The van der Waals surface area contributed by atoms with Crippen LogP contribution >= 0.6 is 11.6 Å². The summed E-state index contributed by atoms with van der Waals surface area (Å²) in [5, 5.41) is 2.27. The maximum atomic E-state index is 13.0. The number of anilines is 1. The molecule has 0 bridgehead atoms. The predicted molar refractivity (Wildman–Crippen MR) is 115 cm³/mol. The minimum Gasteiger partial charge on any atom is -0.495 e. The average molecular weight is 545 g/mol. The summed E-state index contributed by atoms with van der Waals surface area (Å²) in [6.45, 7) is -0.209. The number of carbonyl (C=O) groups is 1. The Hall–Kier alpha value is -2.51. The first kappa shape index (κ1) is 27.1. The fourth-order valence-electron chi connectivity index (χ4n) is 3.62. The van der Waals surface area contributed by atoms with Gasteiger partial charge in [0.25, 0.3) is 0 Å². The number of carbonyl (C=O) groups excluding carboxylic acids is 1. The molecule has 2 aromatic rings. The molecule has 1 N–H and O–H groups in total. The lowest BCUT2D eigenvalue weighted by Gasteiger charge is -2.31.